The first kappa shape index (κ1) is 14.4. The van der Waals surface area contributed by atoms with Crippen LogP contribution in [0.3, 0.4) is 0 Å². The second kappa shape index (κ2) is 6.06. The molecule has 0 spiro atoms. The van der Waals surface area contributed by atoms with Gasteiger partial charge in [-0.05, 0) is 49.3 Å². The van der Waals surface area contributed by atoms with Crippen molar-refractivity contribution >= 4 is 11.6 Å². The molecule has 1 saturated carbocycles. The van der Waals surface area contributed by atoms with Crippen molar-refractivity contribution in [1.29, 1.82) is 0 Å². The smallest absolute Gasteiger partial charge is 0.256 e. The molecule has 0 aromatic heterocycles. The molecule has 3 N–H and O–H groups in total. The summed E-state index contributed by atoms with van der Waals surface area (Å²) in [6, 6.07) is 5.79. The highest BCUT2D eigenvalue weighted by molar-refractivity contribution is 5.99. The van der Waals surface area contributed by atoms with E-state index in [1.54, 1.807) is 0 Å². The van der Waals surface area contributed by atoms with Gasteiger partial charge in [-0.3, -0.25) is 10.6 Å². The minimum atomic E-state index is 0.118. The summed E-state index contributed by atoms with van der Waals surface area (Å²) in [4.78, 5) is 14.8. The van der Waals surface area contributed by atoms with E-state index in [9.17, 15) is 4.79 Å². The quantitative estimate of drug-likeness (QED) is 0.649. The Hall–Kier alpha value is -1.55. The van der Waals surface area contributed by atoms with Crippen LogP contribution in [0.4, 0.5) is 5.69 Å². The zero-order valence-corrected chi connectivity index (χ0v) is 12.8. The molecule has 0 bridgehead atoms. The second-order valence-corrected chi connectivity index (χ2v) is 6.54. The molecular weight excluding hydrogens is 262 g/mol. The first-order chi connectivity index (χ1) is 10.2. The van der Waals surface area contributed by atoms with Crippen molar-refractivity contribution in [1.82, 2.24) is 4.90 Å². The predicted molar refractivity (Wildman–Crippen MR) is 85.0 cm³/mol. The van der Waals surface area contributed by atoms with Crippen molar-refractivity contribution in [3.8, 4) is 0 Å². The van der Waals surface area contributed by atoms with Crippen molar-refractivity contribution in [2.45, 2.75) is 39.0 Å². The first-order valence-corrected chi connectivity index (χ1v) is 8.05. The number of fused-ring (bicyclic) bond motifs is 1. The van der Waals surface area contributed by atoms with Crippen LogP contribution >= 0.6 is 0 Å². The van der Waals surface area contributed by atoms with Crippen molar-refractivity contribution in [3.63, 3.8) is 0 Å². The third-order valence-electron chi connectivity index (χ3n) is 5.14. The second-order valence-electron chi connectivity index (χ2n) is 6.54. The van der Waals surface area contributed by atoms with Gasteiger partial charge in [-0.25, -0.2) is 0 Å². The van der Waals surface area contributed by atoms with Gasteiger partial charge in [0, 0.05) is 13.1 Å². The molecule has 4 nitrogen and oxygen atoms in total. The Kier molecular flexibility index (Phi) is 4.15. The lowest BCUT2D eigenvalue weighted by Gasteiger charge is -2.41. The lowest BCUT2D eigenvalue weighted by atomic mass is 9.75. The zero-order valence-electron chi connectivity index (χ0n) is 12.8. The molecule has 3 rings (SSSR count). The van der Waals surface area contributed by atoms with Crippen molar-refractivity contribution in [2.24, 2.45) is 17.7 Å². The fourth-order valence-electron chi connectivity index (χ4n) is 3.92. The summed E-state index contributed by atoms with van der Waals surface area (Å²) in [6.07, 6.45) is 6.49. The topological polar surface area (TPSA) is 58.4 Å². The van der Waals surface area contributed by atoms with Gasteiger partial charge >= 0.3 is 0 Å². The van der Waals surface area contributed by atoms with Crippen LogP contribution in [0, 0.1) is 18.8 Å². The van der Waals surface area contributed by atoms with Crippen LogP contribution in [0.1, 0.15) is 48.0 Å². The largest absolute Gasteiger partial charge is 0.338 e. The summed E-state index contributed by atoms with van der Waals surface area (Å²) in [7, 11) is 0. The Bertz CT molecular complexity index is 529. The minimum absolute atomic E-state index is 0.118. The lowest BCUT2D eigenvalue weighted by molar-refractivity contribution is 0.0522. The number of amides is 1. The van der Waals surface area contributed by atoms with Crippen LogP contribution in [0.2, 0.25) is 0 Å². The van der Waals surface area contributed by atoms with Crippen LogP contribution in [0.25, 0.3) is 0 Å². The number of carbonyl (C=O) groups excluding carboxylic acids is 1. The average Bonchev–Trinajstić information content (AvgIpc) is 2.53. The molecule has 1 aliphatic carbocycles. The molecule has 1 saturated heterocycles. The Balaban J connectivity index is 1.76. The number of carbonyl (C=O) groups is 1. The van der Waals surface area contributed by atoms with E-state index in [0.29, 0.717) is 11.5 Å². The lowest BCUT2D eigenvalue weighted by Crippen LogP contribution is -2.45. The summed E-state index contributed by atoms with van der Waals surface area (Å²) in [5, 5.41) is 0. The van der Waals surface area contributed by atoms with E-state index in [0.717, 1.165) is 36.7 Å². The number of anilines is 1. The number of rotatable bonds is 2. The maximum atomic E-state index is 12.8. The number of benzene rings is 1. The number of hydrogen-bond donors (Lipinski definition) is 2. The Morgan fingerprint density at radius 1 is 1.24 bits per heavy atom. The number of piperidine rings is 1. The molecular formula is C17H25N3O. The molecule has 2 aliphatic rings. The molecule has 2 fully saturated rings. The van der Waals surface area contributed by atoms with E-state index in [1.165, 1.54) is 25.7 Å². The predicted octanol–water partition coefficient (Wildman–Crippen LogP) is 2.93. The molecule has 1 heterocycles. The third-order valence-corrected chi connectivity index (χ3v) is 5.14. The Morgan fingerprint density at radius 2 is 2.00 bits per heavy atom. The van der Waals surface area contributed by atoms with Crippen molar-refractivity contribution in [3.05, 3.63) is 29.3 Å². The van der Waals surface area contributed by atoms with Crippen LogP contribution in [0.5, 0.6) is 0 Å². The van der Waals surface area contributed by atoms with Gasteiger partial charge in [0.25, 0.3) is 5.91 Å². The van der Waals surface area contributed by atoms with Gasteiger partial charge in [-0.1, -0.05) is 25.3 Å². The van der Waals surface area contributed by atoms with E-state index >= 15 is 0 Å². The molecule has 1 aromatic rings. The summed E-state index contributed by atoms with van der Waals surface area (Å²) in [5.74, 6) is 7.24. The number of hydrogen-bond acceptors (Lipinski definition) is 3. The number of nitrogens with one attached hydrogen (secondary N) is 1. The summed E-state index contributed by atoms with van der Waals surface area (Å²) >= 11 is 0. The molecule has 2 unspecified atom stereocenters. The molecule has 2 atom stereocenters. The van der Waals surface area contributed by atoms with Crippen LogP contribution < -0.4 is 11.3 Å². The number of nitrogen functional groups attached to an aromatic ring is 1. The monoisotopic (exact) mass is 287 g/mol. The molecule has 21 heavy (non-hydrogen) atoms. The van der Waals surface area contributed by atoms with Gasteiger partial charge in [0.05, 0.1) is 11.3 Å². The van der Waals surface area contributed by atoms with E-state index in [-0.39, 0.29) is 5.91 Å². The third kappa shape index (κ3) is 2.91. The van der Waals surface area contributed by atoms with Crippen molar-refractivity contribution in [2.75, 3.05) is 18.5 Å². The number of aryl methyl sites for hydroxylation is 1. The fraction of sp³-hybridized carbons (Fsp3) is 0.588. The fourth-order valence-corrected chi connectivity index (χ4v) is 3.92. The van der Waals surface area contributed by atoms with Gasteiger partial charge in [-0.15, -0.1) is 0 Å². The Morgan fingerprint density at radius 3 is 2.76 bits per heavy atom. The number of nitrogens with zero attached hydrogens (tertiary/aromatic N) is 1. The molecule has 4 heteroatoms. The zero-order chi connectivity index (χ0) is 14.8. The average molecular weight is 287 g/mol. The van der Waals surface area contributed by atoms with E-state index in [4.69, 9.17) is 5.84 Å². The van der Waals surface area contributed by atoms with Gasteiger partial charge in [0.15, 0.2) is 0 Å². The minimum Gasteiger partial charge on any atom is -0.338 e. The molecule has 1 amide bonds. The Labute approximate surface area is 126 Å². The van der Waals surface area contributed by atoms with Crippen LogP contribution in [-0.2, 0) is 0 Å². The molecule has 114 valence electrons. The normalized spacial score (nSPS) is 25.3. The number of nitrogens with two attached hydrogens (primary N) is 1. The molecule has 1 aliphatic heterocycles. The summed E-state index contributed by atoms with van der Waals surface area (Å²) in [5.41, 5.74) is 5.19. The summed E-state index contributed by atoms with van der Waals surface area (Å²) < 4.78 is 0. The van der Waals surface area contributed by atoms with Gasteiger partial charge < -0.3 is 10.3 Å². The first-order valence-electron chi connectivity index (χ1n) is 8.05. The van der Waals surface area contributed by atoms with E-state index in [1.807, 2.05) is 30.0 Å². The molecule has 0 radical (unpaired) electrons. The highest BCUT2D eigenvalue weighted by Gasteiger charge is 2.33. The molecule has 1 aromatic carbocycles. The van der Waals surface area contributed by atoms with Gasteiger partial charge in [-0.2, -0.15) is 0 Å². The van der Waals surface area contributed by atoms with Crippen LogP contribution in [-0.4, -0.2) is 23.9 Å². The van der Waals surface area contributed by atoms with E-state index < -0.39 is 0 Å². The summed E-state index contributed by atoms with van der Waals surface area (Å²) in [6.45, 7) is 3.81. The maximum Gasteiger partial charge on any atom is 0.256 e. The van der Waals surface area contributed by atoms with E-state index in [2.05, 4.69) is 5.43 Å². The highest BCUT2D eigenvalue weighted by atomic mass is 16.2. The highest BCUT2D eigenvalue weighted by Crippen LogP contribution is 2.36. The standard InChI is InChI=1S/C17H25N3O/c1-12-6-7-15(16(10-12)19-18)17(21)20-9-8-13-4-2-3-5-14(13)11-20/h6-7,10,13-14,19H,2-5,8-9,11,18H2,1H3. The number of hydrazine groups is 1. The van der Waals surface area contributed by atoms with Crippen LogP contribution in [0.15, 0.2) is 18.2 Å². The SMILES string of the molecule is Cc1ccc(C(=O)N2CCC3CCCCC3C2)c(NN)c1. The van der Waals surface area contributed by atoms with Crippen molar-refractivity contribution < 1.29 is 4.79 Å². The van der Waals surface area contributed by atoms with Gasteiger partial charge in [0.1, 0.15) is 0 Å². The van der Waals surface area contributed by atoms with Gasteiger partial charge in [0.2, 0.25) is 0 Å². The number of likely N-dealkylation sites (tertiary alicyclic amines) is 1. The maximum absolute atomic E-state index is 12.8.